The van der Waals surface area contributed by atoms with Gasteiger partial charge in [0.05, 0.1) is 11.7 Å². The van der Waals surface area contributed by atoms with Gasteiger partial charge in [0.25, 0.3) is 0 Å². The summed E-state index contributed by atoms with van der Waals surface area (Å²) in [7, 11) is 0. The molecule has 2 nitrogen and oxygen atoms in total. The van der Waals surface area contributed by atoms with Crippen LogP contribution in [0, 0.1) is 13.8 Å². The zero-order valence-corrected chi connectivity index (χ0v) is 12.4. The molecule has 0 spiro atoms. The SMILES string of the molecule is CCOC1(C(O)Cc2c(C)cccc2C)CCCC1. The molecule has 1 unspecified atom stereocenters. The molecule has 0 radical (unpaired) electrons. The molecule has 1 N–H and O–H groups in total. The molecule has 0 saturated heterocycles. The normalized spacial score (nSPS) is 19.6. The number of aliphatic hydroxyl groups is 1. The van der Waals surface area contributed by atoms with E-state index in [0.717, 1.165) is 12.8 Å². The Kier molecular flexibility index (Phi) is 4.64. The van der Waals surface area contributed by atoms with E-state index in [1.165, 1.54) is 29.5 Å². The number of hydrogen-bond acceptors (Lipinski definition) is 2. The highest BCUT2D eigenvalue weighted by molar-refractivity contribution is 5.34. The zero-order valence-electron chi connectivity index (χ0n) is 12.4. The van der Waals surface area contributed by atoms with E-state index >= 15 is 0 Å². The van der Waals surface area contributed by atoms with Crippen molar-refractivity contribution >= 4 is 0 Å². The summed E-state index contributed by atoms with van der Waals surface area (Å²) in [6.45, 7) is 6.95. The molecule has 1 fully saturated rings. The lowest BCUT2D eigenvalue weighted by molar-refractivity contribution is -0.115. The molecule has 1 atom stereocenters. The molecule has 106 valence electrons. The largest absolute Gasteiger partial charge is 0.390 e. The first-order chi connectivity index (χ1) is 9.09. The van der Waals surface area contributed by atoms with E-state index in [4.69, 9.17) is 4.74 Å². The van der Waals surface area contributed by atoms with Gasteiger partial charge in [-0.2, -0.15) is 0 Å². The Morgan fingerprint density at radius 2 is 1.79 bits per heavy atom. The zero-order chi connectivity index (χ0) is 13.9. The third-order valence-electron chi connectivity index (χ3n) is 4.53. The fraction of sp³-hybridized carbons (Fsp3) is 0.647. The average molecular weight is 262 g/mol. The van der Waals surface area contributed by atoms with Crippen molar-refractivity contribution in [2.24, 2.45) is 0 Å². The fourth-order valence-corrected chi connectivity index (χ4v) is 3.38. The second-order valence-corrected chi connectivity index (χ2v) is 5.80. The van der Waals surface area contributed by atoms with Crippen molar-refractivity contribution < 1.29 is 9.84 Å². The fourth-order valence-electron chi connectivity index (χ4n) is 3.38. The van der Waals surface area contributed by atoms with Crippen molar-refractivity contribution in [1.29, 1.82) is 0 Å². The summed E-state index contributed by atoms with van der Waals surface area (Å²) in [4.78, 5) is 0. The van der Waals surface area contributed by atoms with Crippen molar-refractivity contribution in [2.75, 3.05) is 6.61 Å². The minimum Gasteiger partial charge on any atom is -0.390 e. The van der Waals surface area contributed by atoms with Crippen LogP contribution in [0.5, 0.6) is 0 Å². The maximum atomic E-state index is 10.7. The molecule has 1 aromatic rings. The Balaban J connectivity index is 2.17. The summed E-state index contributed by atoms with van der Waals surface area (Å²) >= 11 is 0. The van der Waals surface area contributed by atoms with Gasteiger partial charge in [-0.05, 0) is 50.3 Å². The second-order valence-electron chi connectivity index (χ2n) is 5.80. The lowest BCUT2D eigenvalue weighted by Gasteiger charge is -2.34. The first-order valence-corrected chi connectivity index (χ1v) is 7.46. The second kappa shape index (κ2) is 6.06. The van der Waals surface area contributed by atoms with Crippen molar-refractivity contribution in [3.05, 3.63) is 34.9 Å². The maximum absolute atomic E-state index is 10.7. The lowest BCUT2D eigenvalue weighted by Crippen LogP contribution is -2.44. The molecule has 2 heteroatoms. The minimum atomic E-state index is -0.394. The molecule has 0 heterocycles. The number of aliphatic hydroxyl groups excluding tert-OH is 1. The van der Waals surface area contributed by atoms with E-state index in [1.807, 2.05) is 6.92 Å². The molecule has 0 aliphatic heterocycles. The van der Waals surface area contributed by atoms with Crippen LogP contribution in [0.25, 0.3) is 0 Å². The molecule has 0 amide bonds. The quantitative estimate of drug-likeness (QED) is 0.879. The monoisotopic (exact) mass is 262 g/mol. The summed E-state index contributed by atoms with van der Waals surface area (Å²) in [5.41, 5.74) is 3.51. The molecular weight excluding hydrogens is 236 g/mol. The molecule has 0 bridgehead atoms. The van der Waals surface area contributed by atoms with Gasteiger partial charge in [-0.1, -0.05) is 31.0 Å². The molecule has 1 aromatic carbocycles. The van der Waals surface area contributed by atoms with Crippen LogP contribution >= 0.6 is 0 Å². The first kappa shape index (κ1) is 14.5. The predicted molar refractivity (Wildman–Crippen MR) is 78.5 cm³/mol. The van der Waals surface area contributed by atoms with Crippen molar-refractivity contribution in [3.8, 4) is 0 Å². The standard InChI is InChI=1S/C17H26O2/c1-4-19-17(10-5-6-11-17)16(18)12-15-13(2)8-7-9-14(15)3/h7-9,16,18H,4-6,10-12H2,1-3H3. The van der Waals surface area contributed by atoms with Crippen molar-refractivity contribution in [1.82, 2.24) is 0 Å². The van der Waals surface area contributed by atoms with Gasteiger partial charge in [-0.25, -0.2) is 0 Å². The molecule has 1 saturated carbocycles. The van der Waals surface area contributed by atoms with Gasteiger partial charge in [-0.15, -0.1) is 0 Å². The minimum absolute atomic E-state index is 0.302. The molecule has 1 aliphatic carbocycles. The number of aryl methyl sites for hydroxylation is 2. The lowest BCUT2D eigenvalue weighted by atomic mass is 9.87. The first-order valence-electron chi connectivity index (χ1n) is 7.46. The highest BCUT2D eigenvalue weighted by atomic mass is 16.5. The van der Waals surface area contributed by atoms with Crippen LogP contribution in [0.15, 0.2) is 18.2 Å². The predicted octanol–water partition coefficient (Wildman–Crippen LogP) is 3.56. The van der Waals surface area contributed by atoms with Gasteiger partial charge in [0.1, 0.15) is 0 Å². The molecule has 0 aromatic heterocycles. The Morgan fingerprint density at radius 1 is 1.21 bits per heavy atom. The van der Waals surface area contributed by atoms with Crippen LogP contribution in [-0.2, 0) is 11.2 Å². The van der Waals surface area contributed by atoms with Crippen LogP contribution in [0.3, 0.4) is 0 Å². The highest BCUT2D eigenvalue weighted by Gasteiger charge is 2.41. The maximum Gasteiger partial charge on any atom is 0.0943 e. The van der Waals surface area contributed by atoms with Gasteiger partial charge in [-0.3, -0.25) is 0 Å². The third-order valence-corrected chi connectivity index (χ3v) is 4.53. The molecule has 2 rings (SSSR count). The van der Waals surface area contributed by atoms with Gasteiger partial charge < -0.3 is 9.84 Å². The molecule has 1 aliphatic rings. The van der Waals surface area contributed by atoms with Gasteiger partial charge in [0, 0.05) is 13.0 Å². The van der Waals surface area contributed by atoms with E-state index in [0.29, 0.717) is 13.0 Å². The number of hydrogen-bond donors (Lipinski definition) is 1. The Hall–Kier alpha value is -0.860. The summed E-state index contributed by atoms with van der Waals surface area (Å²) in [6.07, 6.45) is 4.64. The van der Waals surface area contributed by atoms with E-state index in [1.54, 1.807) is 0 Å². The van der Waals surface area contributed by atoms with E-state index in [2.05, 4.69) is 32.0 Å². The molecule has 19 heavy (non-hydrogen) atoms. The number of rotatable bonds is 5. The van der Waals surface area contributed by atoms with Crippen LogP contribution < -0.4 is 0 Å². The van der Waals surface area contributed by atoms with Gasteiger partial charge in [0.2, 0.25) is 0 Å². The summed E-state index contributed by atoms with van der Waals surface area (Å²) in [5.74, 6) is 0. The van der Waals surface area contributed by atoms with Crippen molar-refractivity contribution in [3.63, 3.8) is 0 Å². The van der Waals surface area contributed by atoms with Gasteiger partial charge in [0.15, 0.2) is 0 Å². The summed E-state index contributed by atoms with van der Waals surface area (Å²) < 4.78 is 5.95. The van der Waals surface area contributed by atoms with Crippen molar-refractivity contribution in [2.45, 2.75) is 64.6 Å². The van der Waals surface area contributed by atoms with Crippen LogP contribution in [0.2, 0.25) is 0 Å². The van der Waals surface area contributed by atoms with E-state index in [-0.39, 0.29) is 5.60 Å². The number of ether oxygens (including phenoxy) is 1. The van der Waals surface area contributed by atoms with E-state index in [9.17, 15) is 5.11 Å². The van der Waals surface area contributed by atoms with Gasteiger partial charge >= 0.3 is 0 Å². The summed E-state index contributed by atoms with van der Waals surface area (Å²) in [6, 6.07) is 6.32. The Labute approximate surface area is 116 Å². The number of benzene rings is 1. The smallest absolute Gasteiger partial charge is 0.0943 e. The Morgan fingerprint density at radius 3 is 2.32 bits per heavy atom. The Bertz CT molecular complexity index is 399. The molecular formula is C17H26O2. The topological polar surface area (TPSA) is 29.5 Å². The van der Waals surface area contributed by atoms with Crippen LogP contribution in [0.1, 0.15) is 49.3 Å². The summed E-state index contributed by atoms with van der Waals surface area (Å²) in [5, 5.41) is 10.7. The average Bonchev–Trinajstić information content (AvgIpc) is 2.84. The van der Waals surface area contributed by atoms with E-state index < -0.39 is 6.10 Å². The van der Waals surface area contributed by atoms with Crippen LogP contribution in [-0.4, -0.2) is 23.4 Å². The third kappa shape index (κ3) is 3.01. The van der Waals surface area contributed by atoms with Crippen LogP contribution in [0.4, 0.5) is 0 Å². The highest BCUT2D eigenvalue weighted by Crippen LogP contribution is 2.37.